The Bertz CT molecular complexity index is 576. The van der Waals surface area contributed by atoms with Crippen LogP contribution in [-0.2, 0) is 19.1 Å². The van der Waals surface area contributed by atoms with Gasteiger partial charge in [0, 0.05) is 12.8 Å². The minimum atomic E-state index is -0.367. The van der Waals surface area contributed by atoms with Gasteiger partial charge in [-0.3, -0.25) is 9.59 Å². The second-order valence-corrected chi connectivity index (χ2v) is 13.4. The summed E-state index contributed by atoms with van der Waals surface area (Å²) in [7, 11) is 0. The van der Waals surface area contributed by atoms with Gasteiger partial charge in [-0.25, -0.2) is 0 Å². The molecule has 0 saturated heterocycles. The second kappa shape index (κ2) is 35.4. The van der Waals surface area contributed by atoms with Crippen molar-refractivity contribution < 1.29 is 19.1 Å². The lowest BCUT2D eigenvalue weighted by Gasteiger charge is -2.13. The molecule has 0 aliphatic carbocycles. The van der Waals surface area contributed by atoms with Crippen LogP contribution >= 0.6 is 0 Å². The van der Waals surface area contributed by atoms with Crippen molar-refractivity contribution in [3.05, 3.63) is 0 Å². The van der Waals surface area contributed by atoms with Crippen LogP contribution in [-0.4, -0.2) is 24.6 Å². The van der Waals surface area contributed by atoms with E-state index in [0.717, 1.165) is 25.7 Å². The highest BCUT2D eigenvalue weighted by Gasteiger charge is 2.12. The van der Waals surface area contributed by atoms with E-state index < -0.39 is 0 Å². The zero-order chi connectivity index (χ0) is 31.5. The molecular weight excluding hydrogens is 532 g/mol. The van der Waals surface area contributed by atoms with Crippen molar-refractivity contribution in [3.63, 3.8) is 0 Å². The summed E-state index contributed by atoms with van der Waals surface area (Å²) in [6.45, 7) is 6.53. The van der Waals surface area contributed by atoms with Gasteiger partial charge in [0.15, 0.2) is 0 Å². The molecule has 43 heavy (non-hydrogen) atoms. The standard InChI is InChI=1S/C39H76O4/c1-4-6-8-10-12-14-16-18-20-22-24-26-28-30-32-34-38(40)42-36-37(3)43-39(41)35-33-31-29-27-25-23-21-19-17-15-13-11-9-7-5-2/h37H,4-36H2,1-3H3. The summed E-state index contributed by atoms with van der Waals surface area (Å²) in [6.07, 6.45) is 40.1. The summed E-state index contributed by atoms with van der Waals surface area (Å²) in [4.78, 5) is 24.1. The normalized spacial score (nSPS) is 12.0. The number of unbranched alkanes of at least 4 members (excludes halogenated alkanes) is 28. The smallest absolute Gasteiger partial charge is 0.306 e. The van der Waals surface area contributed by atoms with Crippen LogP contribution in [0.2, 0.25) is 0 Å². The first-order chi connectivity index (χ1) is 21.1. The first-order valence-electron chi connectivity index (χ1n) is 19.4. The second-order valence-electron chi connectivity index (χ2n) is 13.4. The highest BCUT2D eigenvalue weighted by Crippen LogP contribution is 2.15. The van der Waals surface area contributed by atoms with E-state index in [2.05, 4.69) is 13.8 Å². The molecule has 0 aromatic carbocycles. The van der Waals surface area contributed by atoms with Crippen molar-refractivity contribution in [2.24, 2.45) is 0 Å². The van der Waals surface area contributed by atoms with Crippen LogP contribution in [0.25, 0.3) is 0 Å². The molecule has 0 spiro atoms. The van der Waals surface area contributed by atoms with Gasteiger partial charge in [-0.05, 0) is 19.8 Å². The summed E-state index contributed by atoms with van der Waals surface area (Å²) in [5, 5.41) is 0. The number of esters is 2. The van der Waals surface area contributed by atoms with Gasteiger partial charge < -0.3 is 9.47 Å². The van der Waals surface area contributed by atoms with E-state index in [1.807, 2.05) is 6.92 Å². The Labute approximate surface area is 269 Å². The third-order valence-corrected chi connectivity index (χ3v) is 8.78. The van der Waals surface area contributed by atoms with Crippen LogP contribution in [0.5, 0.6) is 0 Å². The van der Waals surface area contributed by atoms with Gasteiger partial charge in [0.2, 0.25) is 0 Å². The topological polar surface area (TPSA) is 52.6 Å². The Balaban J connectivity index is 3.38. The van der Waals surface area contributed by atoms with Gasteiger partial charge in [0.1, 0.15) is 12.7 Å². The predicted octanol–water partition coefficient (Wildman–Crippen LogP) is 13.0. The quantitative estimate of drug-likeness (QED) is 0.0530. The van der Waals surface area contributed by atoms with Crippen LogP contribution in [0.4, 0.5) is 0 Å². The van der Waals surface area contributed by atoms with Crippen molar-refractivity contribution >= 4 is 11.9 Å². The van der Waals surface area contributed by atoms with E-state index in [-0.39, 0.29) is 24.6 Å². The number of hydrogen-bond donors (Lipinski definition) is 0. The molecule has 0 fully saturated rings. The van der Waals surface area contributed by atoms with Gasteiger partial charge in [0.25, 0.3) is 0 Å². The number of carbonyl (C=O) groups excluding carboxylic acids is 2. The molecule has 0 N–H and O–H groups in total. The van der Waals surface area contributed by atoms with Crippen LogP contribution in [0.1, 0.15) is 226 Å². The monoisotopic (exact) mass is 609 g/mol. The third-order valence-electron chi connectivity index (χ3n) is 8.78. The fourth-order valence-corrected chi connectivity index (χ4v) is 5.88. The fourth-order valence-electron chi connectivity index (χ4n) is 5.88. The number of hydrogen-bond acceptors (Lipinski definition) is 4. The van der Waals surface area contributed by atoms with E-state index >= 15 is 0 Å². The van der Waals surface area contributed by atoms with E-state index in [9.17, 15) is 9.59 Å². The van der Waals surface area contributed by atoms with E-state index in [1.54, 1.807) is 0 Å². The van der Waals surface area contributed by atoms with E-state index in [1.165, 1.54) is 167 Å². The Morgan fingerprint density at radius 2 is 0.651 bits per heavy atom. The highest BCUT2D eigenvalue weighted by atomic mass is 16.6. The summed E-state index contributed by atoms with van der Waals surface area (Å²) < 4.78 is 10.8. The van der Waals surface area contributed by atoms with Crippen LogP contribution in [0, 0.1) is 0 Å². The van der Waals surface area contributed by atoms with Gasteiger partial charge in [-0.1, -0.05) is 194 Å². The molecule has 0 bridgehead atoms. The molecule has 0 heterocycles. The van der Waals surface area contributed by atoms with Crippen molar-refractivity contribution in [3.8, 4) is 0 Å². The minimum absolute atomic E-state index is 0.166. The van der Waals surface area contributed by atoms with E-state index in [0.29, 0.717) is 12.8 Å². The maximum Gasteiger partial charge on any atom is 0.306 e. The van der Waals surface area contributed by atoms with Gasteiger partial charge in [0.05, 0.1) is 0 Å². The van der Waals surface area contributed by atoms with Crippen LogP contribution < -0.4 is 0 Å². The maximum absolute atomic E-state index is 12.1. The molecule has 0 aromatic heterocycles. The Morgan fingerprint density at radius 1 is 0.395 bits per heavy atom. The maximum atomic E-state index is 12.1. The number of carbonyl (C=O) groups is 2. The lowest BCUT2D eigenvalue weighted by atomic mass is 10.0. The lowest BCUT2D eigenvalue weighted by Crippen LogP contribution is -2.22. The molecule has 0 amide bonds. The third kappa shape index (κ3) is 35.3. The molecule has 4 heteroatoms. The molecular formula is C39H76O4. The first kappa shape index (κ1) is 41.9. The summed E-state index contributed by atoms with van der Waals surface area (Å²) >= 11 is 0. The molecule has 4 nitrogen and oxygen atoms in total. The Kier molecular flexibility index (Phi) is 34.5. The molecule has 0 saturated carbocycles. The predicted molar refractivity (Wildman–Crippen MR) is 186 cm³/mol. The first-order valence-corrected chi connectivity index (χ1v) is 19.4. The molecule has 0 aromatic rings. The lowest BCUT2D eigenvalue weighted by molar-refractivity contribution is -0.158. The molecule has 0 radical (unpaired) electrons. The largest absolute Gasteiger partial charge is 0.462 e. The minimum Gasteiger partial charge on any atom is -0.462 e. The Hall–Kier alpha value is -1.06. The van der Waals surface area contributed by atoms with Gasteiger partial charge in [-0.2, -0.15) is 0 Å². The highest BCUT2D eigenvalue weighted by molar-refractivity contribution is 5.70. The van der Waals surface area contributed by atoms with Crippen LogP contribution in [0.15, 0.2) is 0 Å². The fraction of sp³-hybridized carbons (Fsp3) is 0.949. The van der Waals surface area contributed by atoms with Crippen molar-refractivity contribution in [1.82, 2.24) is 0 Å². The molecule has 1 unspecified atom stereocenters. The van der Waals surface area contributed by atoms with Crippen molar-refractivity contribution in [2.75, 3.05) is 6.61 Å². The average Bonchev–Trinajstić information content (AvgIpc) is 3.00. The number of ether oxygens (including phenoxy) is 2. The number of rotatable bonds is 35. The zero-order valence-electron chi connectivity index (χ0n) is 29.5. The molecule has 256 valence electrons. The SMILES string of the molecule is CCCCCCCCCCCCCCCCCC(=O)OCC(C)OC(=O)CCCCCCCCCCCCCCCCC. The van der Waals surface area contributed by atoms with Crippen LogP contribution in [0.3, 0.4) is 0 Å². The zero-order valence-corrected chi connectivity index (χ0v) is 29.5. The molecule has 1 atom stereocenters. The average molecular weight is 609 g/mol. The summed E-state index contributed by atoms with van der Waals surface area (Å²) in [5.74, 6) is -0.333. The van der Waals surface area contributed by atoms with Gasteiger partial charge >= 0.3 is 11.9 Å². The molecule has 0 aliphatic heterocycles. The van der Waals surface area contributed by atoms with Crippen molar-refractivity contribution in [2.45, 2.75) is 232 Å². The molecule has 0 aliphatic rings. The van der Waals surface area contributed by atoms with E-state index in [4.69, 9.17) is 9.47 Å². The van der Waals surface area contributed by atoms with Crippen molar-refractivity contribution in [1.29, 1.82) is 0 Å². The summed E-state index contributed by atoms with van der Waals surface area (Å²) in [6, 6.07) is 0. The molecule has 0 rings (SSSR count). The van der Waals surface area contributed by atoms with Gasteiger partial charge in [-0.15, -0.1) is 0 Å². The Morgan fingerprint density at radius 3 is 0.953 bits per heavy atom. The summed E-state index contributed by atoms with van der Waals surface area (Å²) in [5.41, 5.74) is 0.